The molecule has 11 heteroatoms. The van der Waals surface area contributed by atoms with Crippen LogP contribution in [0, 0.1) is 5.82 Å². The molecule has 2 heterocycles. The normalized spacial score (nSPS) is 11.8. The first-order valence-electron chi connectivity index (χ1n) is 8.79. The van der Waals surface area contributed by atoms with Gasteiger partial charge in [0, 0.05) is 28.9 Å². The van der Waals surface area contributed by atoms with Gasteiger partial charge in [-0.05, 0) is 30.3 Å². The lowest BCUT2D eigenvalue weighted by Gasteiger charge is -2.10. The third kappa shape index (κ3) is 4.17. The zero-order valence-electron chi connectivity index (χ0n) is 15.7. The molecule has 0 spiro atoms. The number of ether oxygens (including phenoxy) is 1. The molecule has 0 amide bonds. The number of rotatable bonds is 7. The van der Waals surface area contributed by atoms with Crippen LogP contribution >= 0.6 is 22.9 Å². The van der Waals surface area contributed by atoms with Crippen LogP contribution in [0.25, 0.3) is 16.3 Å². The van der Waals surface area contributed by atoms with E-state index in [1.54, 1.807) is 22.7 Å². The molecule has 0 aliphatic carbocycles. The minimum atomic E-state index is -3.82. The lowest BCUT2D eigenvalue weighted by Crippen LogP contribution is -2.26. The number of sulfonamides is 1. The summed E-state index contributed by atoms with van der Waals surface area (Å²) in [6, 6.07) is 10.5. The molecular weight excluding hydrogens is 451 g/mol. The van der Waals surface area contributed by atoms with E-state index in [9.17, 15) is 12.8 Å². The Bertz CT molecular complexity index is 1320. The number of nitrogens with one attached hydrogen (secondary N) is 1. The summed E-state index contributed by atoms with van der Waals surface area (Å²) in [6.07, 6.45) is 0.383. The Labute approximate surface area is 181 Å². The van der Waals surface area contributed by atoms with Crippen LogP contribution < -0.4 is 9.46 Å². The molecule has 0 atom stereocenters. The van der Waals surface area contributed by atoms with Gasteiger partial charge >= 0.3 is 0 Å². The lowest BCUT2D eigenvalue weighted by molar-refractivity contribution is 0.402. The molecule has 2 aromatic heterocycles. The van der Waals surface area contributed by atoms with Gasteiger partial charge in [-0.15, -0.1) is 16.4 Å². The minimum Gasteiger partial charge on any atom is -0.495 e. The van der Waals surface area contributed by atoms with Crippen molar-refractivity contribution in [3.8, 4) is 17.1 Å². The second-order valence-electron chi connectivity index (χ2n) is 6.31. The molecule has 1 N–H and O–H groups in total. The summed E-state index contributed by atoms with van der Waals surface area (Å²) in [5.74, 6) is 0.254. The standard InChI is InChI=1S/C19H16ClFN4O3S2/c1-28-16-6-5-13(20)10-17(16)30(26,27)22-8-7-15-11-29-19-23-18(24-25(15)19)12-3-2-4-14(21)9-12/h2-6,9-11,22H,7-8H2,1H3. The second kappa shape index (κ2) is 8.31. The average Bonchev–Trinajstić information content (AvgIpc) is 3.30. The van der Waals surface area contributed by atoms with Gasteiger partial charge in [-0.25, -0.2) is 22.0 Å². The molecule has 0 saturated carbocycles. The Balaban J connectivity index is 1.51. The van der Waals surface area contributed by atoms with Gasteiger partial charge in [0.15, 0.2) is 5.82 Å². The van der Waals surface area contributed by atoms with Crippen LogP contribution in [-0.2, 0) is 16.4 Å². The smallest absolute Gasteiger partial charge is 0.244 e. The summed E-state index contributed by atoms with van der Waals surface area (Å²) in [7, 11) is -2.42. The van der Waals surface area contributed by atoms with Crippen LogP contribution in [0.5, 0.6) is 5.75 Å². The summed E-state index contributed by atoms with van der Waals surface area (Å²) in [4.78, 5) is 5.03. The molecule has 0 aliphatic rings. The van der Waals surface area contributed by atoms with Crippen molar-refractivity contribution in [3.05, 3.63) is 64.4 Å². The van der Waals surface area contributed by atoms with Crippen molar-refractivity contribution < 1.29 is 17.5 Å². The number of fused-ring (bicyclic) bond motifs is 1. The van der Waals surface area contributed by atoms with Crippen LogP contribution in [0.3, 0.4) is 0 Å². The number of hydrogen-bond donors (Lipinski definition) is 1. The summed E-state index contributed by atoms with van der Waals surface area (Å²) in [5.41, 5.74) is 1.36. The number of benzene rings is 2. The first-order chi connectivity index (χ1) is 14.4. The van der Waals surface area contributed by atoms with E-state index in [0.29, 0.717) is 27.8 Å². The van der Waals surface area contributed by atoms with E-state index in [-0.39, 0.29) is 23.0 Å². The topological polar surface area (TPSA) is 85.6 Å². The first kappa shape index (κ1) is 20.7. The predicted molar refractivity (Wildman–Crippen MR) is 113 cm³/mol. The van der Waals surface area contributed by atoms with Crippen molar-refractivity contribution >= 4 is 37.9 Å². The van der Waals surface area contributed by atoms with Crippen molar-refractivity contribution in [1.29, 1.82) is 0 Å². The molecule has 0 bridgehead atoms. The Kier molecular flexibility index (Phi) is 5.74. The van der Waals surface area contributed by atoms with E-state index < -0.39 is 10.0 Å². The van der Waals surface area contributed by atoms with Crippen LogP contribution in [0.1, 0.15) is 5.69 Å². The SMILES string of the molecule is COc1ccc(Cl)cc1S(=O)(=O)NCCc1csc2nc(-c3cccc(F)c3)nn12. The number of aromatic nitrogens is 3. The van der Waals surface area contributed by atoms with Gasteiger partial charge < -0.3 is 4.74 Å². The Morgan fingerprint density at radius 3 is 2.87 bits per heavy atom. The maximum Gasteiger partial charge on any atom is 0.244 e. The van der Waals surface area contributed by atoms with E-state index in [2.05, 4.69) is 14.8 Å². The monoisotopic (exact) mass is 466 g/mol. The highest BCUT2D eigenvalue weighted by Crippen LogP contribution is 2.27. The summed E-state index contributed by atoms with van der Waals surface area (Å²) in [5, 5.41) is 6.59. The van der Waals surface area contributed by atoms with Crippen molar-refractivity contribution in [2.45, 2.75) is 11.3 Å². The van der Waals surface area contributed by atoms with E-state index in [4.69, 9.17) is 16.3 Å². The zero-order valence-corrected chi connectivity index (χ0v) is 18.1. The first-order valence-corrected chi connectivity index (χ1v) is 11.5. The van der Waals surface area contributed by atoms with Gasteiger partial charge in [-0.3, -0.25) is 0 Å². The molecule has 0 radical (unpaired) electrons. The van der Waals surface area contributed by atoms with Crippen LogP contribution in [0.4, 0.5) is 4.39 Å². The number of halogens is 2. The minimum absolute atomic E-state index is 0.0258. The predicted octanol–water partition coefficient (Wildman–Crippen LogP) is 3.78. The van der Waals surface area contributed by atoms with Gasteiger partial charge in [-0.2, -0.15) is 4.98 Å². The third-order valence-corrected chi connectivity index (χ3v) is 6.90. The van der Waals surface area contributed by atoms with Crippen molar-refractivity contribution in [2.75, 3.05) is 13.7 Å². The van der Waals surface area contributed by atoms with Crippen molar-refractivity contribution in [1.82, 2.24) is 19.3 Å². The molecule has 30 heavy (non-hydrogen) atoms. The van der Waals surface area contributed by atoms with Gasteiger partial charge in [-0.1, -0.05) is 23.7 Å². The lowest BCUT2D eigenvalue weighted by atomic mass is 10.2. The van der Waals surface area contributed by atoms with Gasteiger partial charge in [0.2, 0.25) is 15.0 Å². The number of thiazole rings is 1. The second-order valence-corrected chi connectivity index (χ2v) is 9.32. The van der Waals surface area contributed by atoms with Crippen LogP contribution in [0.2, 0.25) is 5.02 Å². The summed E-state index contributed by atoms with van der Waals surface area (Å²) >= 11 is 7.31. The molecular formula is C19H16ClFN4O3S2. The van der Waals surface area contributed by atoms with Crippen LogP contribution in [0.15, 0.2) is 52.7 Å². The zero-order chi connectivity index (χ0) is 21.3. The largest absolute Gasteiger partial charge is 0.495 e. The quantitative estimate of drug-likeness (QED) is 0.448. The Morgan fingerprint density at radius 1 is 1.27 bits per heavy atom. The van der Waals surface area contributed by atoms with Crippen molar-refractivity contribution in [2.24, 2.45) is 0 Å². The molecule has 0 unspecified atom stereocenters. The Morgan fingerprint density at radius 2 is 2.10 bits per heavy atom. The molecule has 4 rings (SSSR count). The van der Waals surface area contributed by atoms with Gasteiger partial charge in [0.25, 0.3) is 0 Å². The molecule has 0 fully saturated rings. The maximum absolute atomic E-state index is 13.5. The van der Waals surface area contributed by atoms with E-state index in [1.807, 2.05) is 5.38 Å². The number of methoxy groups -OCH3 is 1. The summed E-state index contributed by atoms with van der Waals surface area (Å²) in [6.45, 7) is 0.138. The fourth-order valence-corrected chi connectivity index (χ4v) is 5.22. The van der Waals surface area contributed by atoms with Gasteiger partial charge in [0.1, 0.15) is 16.5 Å². The Hall–Kier alpha value is -2.53. The van der Waals surface area contributed by atoms with E-state index in [0.717, 1.165) is 5.69 Å². The third-order valence-electron chi connectivity index (χ3n) is 4.32. The fourth-order valence-electron chi connectivity index (χ4n) is 2.90. The molecule has 0 aliphatic heterocycles. The molecule has 156 valence electrons. The highest BCUT2D eigenvalue weighted by Gasteiger charge is 2.20. The molecule has 2 aromatic carbocycles. The maximum atomic E-state index is 13.5. The highest BCUT2D eigenvalue weighted by atomic mass is 35.5. The van der Waals surface area contributed by atoms with Crippen molar-refractivity contribution in [3.63, 3.8) is 0 Å². The molecule has 0 saturated heterocycles. The number of hydrogen-bond acceptors (Lipinski definition) is 6. The number of nitrogens with zero attached hydrogens (tertiary/aromatic N) is 3. The average molecular weight is 467 g/mol. The highest BCUT2D eigenvalue weighted by molar-refractivity contribution is 7.89. The molecule has 4 aromatic rings. The van der Waals surface area contributed by atoms with E-state index >= 15 is 0 Å². The fraction of sp³-hybridized carbons (Fsp3) is 0.158. The van der Waals surface area contributed by atoms with E-state index in [1.165, 1.54) is 42.7 Å². The van der Waals surface area contributed by atoms with Gasteiger partial charge in [0.05, 0.1) is 12.8 Å². The molecule has 7 nitrogen and oxygen atoms in total. The summed E-state index contributed by atoms with van der Waals surface area (Å²) < 4.78 is 48.1. The van der Waals surface area contributed by atoms with Crippen LogP contribution in [-0.4, -0.2) is 36.7 Å².